The molecule has 3 atom stereocenters. The van der Waals surface area contributed by atoms with Gasteiger partial charge in [0.05, 0.1) is 6.04 Å². The van der Waals surface area contributed by atoms with Gasteiger partial charge in [-0.1, -0.05) is 24.6 Å². The summed E-state index contributed by atoms with van der Waals surface area (Å²) in [4.78, 5) is 40.6. The first-order valence-corrected chi connectivity index (χ1v) is 12.2. The SMILES string of the molecule is COCCCN1C[C@@H](CC2C[C@H]2C)n2cc(C(=O)NCc3ccc(F)c(Cl)c3F)c(=O)c(O)c2C1=O. The van der Waals surface area contributed by atoms with E-state index in [1.165, 1.54) is 10.8 Å². The lowest BCUT2D eigenvalue weighted by Gasteiger charge is -2.36. The van der Waals surface area contributed by atoms with E-state index >= 15 is 0 Å². The fourth-order valence-electron chi connectivity index (χ4n) is 4.69. The molecule has 194 valence electrons. The zero-order chi connectivity index (χ0) is 26.1. The highest BCUT2D eigenvalue weighted by atomic mass is 35.5. The Hall–Kier alpha value is -2.98. The second-order valence-electron chi connectivity index (χ2n) is 9.45. The topological polar surface area (TPSA) is 101 Å². The molecular weight excluding hydrogens is 496 g/mol. The Bertz CT molecular complexity index is 1250. The number of aromatic hydroxyl groups is 1. The molecule has 1 aromatic carbocycles. The van der Waals surface area contributed by atoms with Gasteiger partial charge in [-0.2, -0.15) is 0 Å². The first kappa shape index (κ1) is 26.1. The minimum Gasteiger partial charge on any atom is -0.503 e. The minimum atomic E-state index is -1.01. The second kappa shape index (κ2) is 10.6. The van der Waals surface area contributed by atoms with Crippen molar-refractivity contribution >= 4 is 23.4 Å². The number of hydrogen-bond donors (Lipinski definition) is 2. The number of methoxy groups -OCH3 is 1. The molecule has 36 heavy (non-hydrogen) atoms. The van der Waals surface area contributed by atoms with E-state index in [9.17, 15) is 28.3 Å². The molecule has 4 rings (SSSR count). The Morgan fingerprint density at radius 2 is 2.03 bits per heavy atom. The third-order valence-electron chi connectivity index (χ3n) is 6.95. The van der Waals surface area contributed by atoms with Crippen molar-refractivity contribution in [1.29, 1.82) is 0 Å². The van der Waals surface area contributed by atoms with E-state index in [1.54, 1.807) is 12.0 Å². The van der Waals surface area contributed by atoms with Crippen LogP contribution < -0.4 is 10.7 Å². The Kier molecular flexibility index (Phi) is 7.65. The summed E-state index contributed by atoms with van der Waals surface area (Å²) in [6.07, 6.45) is 3.67. The van der Waals surface area contributed by atoms with Gasteiger partial charge in [0.2, 0.25) is 5.43 Å². The highest BCUT2D eigenvalue weighted by Crippen LogP contribution is 2.45. The van der Waals surface area contributed by atoms with E-state index in [2.05, 4.69) is 12.2 Å². The van der Waals surface area contributed by atoms with Gasteiger partial charge in [-0.3, -0.25) is 14.4 Å². The molecule has 1 fully saturated rings. The number of fused-ring (bicyclic) bond motifs is 1. The van der Waals surface area contributed by atoms with Crippen molar-refractivity contribution in [1.82, 2.24) is 14.8 Å². The molecule has 2 heterocycles. The molecule has 1 saturated carbocycles. The molecule has 1 aromatic heterocycles. The highest BCUT2D eigenvalue weighted by molar-refractivity contribution is 6.30. The number of carbonyl (C=O) groups is 2. The van der Waals surface area contributed by atoms with E-state index in [4.69, 9.17) is 16.3 Å². The number of pyridine rings is 1. The van der Waals surface area contributed by atoms with Crippen molar-refractivity contribution in [3.63, 3.8) is 0 Å². The van der Waals surface area contributed by atoms with Crippen molar-refractivity contribution in [2.24, 2.45) is 11.8 Å². The maximum absolute atomic E-state index is 14.2. The molecule has 2 N–H and O–H groups in total. The average Bonchev–Trinajstić information content (AvgIpc) is 3.55. The van der Waals surface area contributed by atoms with Crippen LogP contribution in [0.5, 0.6) is 5.75 Å². The predicted octanol–water partition coefficient (Wildman–Crippen LogP) is 3.50. The smallest absolute Gasteiger partial charge is 0.274 e. The standard InChI is InChI=1S/C25H28ClF2N3O5/c1-13-8-15(13)9-16-11-30(6-3-7-36-2)25(35)21-23(33)22(32)17(12-31(16)21)24(34)29-10-14-4-5-18(27)19(26)20(14)28/h4-5,12-13,15-16,33H,3,6-11H2,1-2H3,(H,29,34)/t13-,15?,16-/m1/s1. The average molecular weight is 524 g/mol. The predicted molar refractivity (Wildman–Crippen MR) is 128 cm³/mol. The van der Waals surface area contributed by atoms with E-state index < -0.39 is 39.6 Å². The quantitative estimate of drug-likeness (QED) is 0.387. The van der Waals surface area contributed by atoms with Gasteiger partial charge in [-0.15, -0.1) is 0 Å². The van der Waals surface area contributed by atoms with E-state index in [-0.39, 0.29) is 29.4 Å². The van der Waals surface area contributed by atoms with Crippen molar-refractivity contribution in [3.05, 3.63) is 62.0 Å². The van der Waals surface area contributed by atoms with Crippen LogP contribution in [0.3, 0.4) is 0 Å². The summed E-state index contributed by atoms with van der Waals surface area (Å²) in [5.41, 5.74) is -1.59. The molecule has 2 amide bonds. The molecular formula is C25H28ClF2N3O5. The van der Waals surface area contributed by atoms with Crippen molar-refractivity contribution in [2.45, 2.75) is 38.8 Å². The van der Waals surface area contributed by atoms with Crippen LogP contribution in [0, 0.1) is 23.5 Å². The van der Waals surface area contributed by atoms with Crippen LogP contribution in [0.15, 0.2) is 23.1 Å². The van der Waals surface area contributed by atoms with Gasteiger partial charge in [0, 0.05) is 45.1 Å². The molecule has 0 spiro atoms. The number of amides is 2. The molecule has 1 unspecified atom stereocenters. The Labute approximate surface area is 211 Å². The number of rotatable bonds is 9. The number of halogens is 3. The summed E-state index contributed by atoms with van der Waals surface area (Å²) >= 11 is 5.59. The summed E-state index contributed by atoms with van der Waals surface area (Å²) in [6.45, 7) is 3.03. The third-order valence-corrected chi connectivity index (χ3v) is 7.30. The molecule has 2 aliphatic rings. The maximum atomic E-state index is 14.2. The van der Waals surface area contributed by atoms with Gasteiger partial charge in [-0.25, -0.2) is 8.78 Å². The molecule has 1 aliphatic heterocycles. The van der Waals surface area contributed by atoms with Crippen molar-refractivity contribution in [3.8, 4) is 5.75 Å². The summed E-state index contributed by atoms with van der Waals surface area (Å²) in [5.74, 6) is -3.11. The monoisotopic (exact) mass is 523 g/mol. The van der Waals surface area contributed by atoms with Crippen molar-refractivity contribution < 1.29 is 28.2 Å². The van der Waals surface area contributed by atoms with Crippen LogP contribution in [-0.4, -0.2) is 53.2 Å². The fourth-order valence-corrected chi connectivity index (χ4v) is 4.87. The third kappa shape index (κ3) is 5.10. The molecule has 11 heteroatoms. The summed E-state index contributed by atoms with van der Waals surface area (Å²) in [5, 5.41) is 12.5. The highest BCUT2D eigenvalue weighted by Gasteiger charge is 2.40. The first-order chi connectivity index (χ1) is 17.1. The lowest BCUT2D eigenvalue weighted by molar-refractivity contribution is 0.0628. The zero-order valence-corrected chi connectivity index (χ0v) is 20.8. The Morgan fingerprint density at radius 1 is 1.31 bits per heavy atom. The van der Waals surface area contributed by atoms with Crippen LogP contribution in [-0.2, 0) is 11.3 Å². The minimum absolute atomic E-state index is 0.0699. The van der Waals surface area contributed by atoms with Crippen LogP contribution in [0.4, 0.5) is 8.78 Å². The van der Waals surface area contributed by atoms with E-state index in [0.29, 0.717) is 38.0 Å². The summed E-state index contributed by atoms with van der Waals surface area (Å²) in [6, 6.07) is 1.87. The molecule has 0 saturated heterocycles. The van der Waals surface area contributed by atoms with Gasteiger partial charge in [0.1, 0.15) is 22.2 Å². The molecule has 2 aromatic rings. The van der Waals surface area contributed by atoms with Crippen LogP contribution in [0.25, 0.3) is 0 Å². The van der Waals surface area contributed by atoms with Crippen molar-refractivity contribution in [2.75, 3.05) is 26.8 Å². The largest absolute Gasteiger partial charge is 0.503 e. The Morgan fingerprint density at radius 3 is 2.69 bits per heavy atom. The number of benzene rings is 1. The number of ether oxygens (including phenoxy) is 1. The molecule has 8 nitrogen and oxygen atoms in total. The molecule has 0 radical (unpaired) electrons. The molecule has 1 aliphatic carbocycles. The van der Waals surface area contributed by atoms with Gasteiger partial charge < -0.3 is 24.6 Å². The zero-order valence-electron chi connectivity index (χ0n) is 20.0. The van der Waals surface area contributed by atoms with E-state index in [1.807, 2.05) is 0 Å². The normalized spacial score (nSPS) is 20.9. The van der Waals surface area contributed by atoms with Crippen LogP contribution >= 0.6 is 11.6 Å². The first-order valence-electron chi connectivity index (χ1n) is 11.8. The summed E-state index contributed by atoms with van der Waals surface area (Å²) < 4.78 is 34.2. The number of hydrogen-bond acceptors (Lipinski definition) is 5. The van der Waals surface area contributed by atoms with Gasteiger partial charge in [0.25, 0.3) is 11.8 Å². The van der Waals surface area contributed by atoms with E-state index in [0.717, 1.165) is 25.0 Å². The maximum Gasteiger partial charge on any atom is 0.274 e. The number of nitrogens with zero attached hydrogens (tertiary/aromatic N) is 2. The fraction of sp³-hybridized carbons (Fsp3) is 0.480. The molecule has 0 bridgehead atoms. The second-order valence-corrected chi connectivity index (χ2v) is 9.83. The number of aromatic nitrogens is 1. The number of nitrogens with one attached hydrogen (secondary N) is 1. The van der Waals surface area contributed by atoms with Crippen LogP contribution in [0.1, 0.15) is 58.6 Å². The lowest BCUT2D eigenvalue weighted by atomic mass is 10.0. The van der Waals surface area contributed by atoms with Gasteiger partial charge in [0.15, 0.2) is 11.4 Å². The lowest BCUT2D eigenvalue weighted by Crippen LogP contribution is -2.46. The number of carbonyl (C=O) groups excluding carboxylic acids is 2. The van der Waals surface area contributed by atoms with Gasteiger partial charge in [-0.05, 0) is 37.2 Å². The van der Waals surface area contributed by atoms with Crippen LogP contribution in [0.2, 0.25) is 5.02 Å². The Balaban J connectivity index is 1.63. The van der Waals surface area contributed by atoms with Gasteiger partial charge >= 0.3 is 0 Å². The summed E-state index contributed by atoms with van der Waals surface area (Å²) in [7, 11) is 1.57.